The Morgan fingerprint density at radius 1 is 1.10 bits per heavy atom. The Hall–Kier alpha value is -2.46. The number of hydrogen-bond acceptors (Lipinski definition) is 5. The van der Waals surface area contributed by atoms with Crippen LogP contribution in [0.15, 0.2) is 30.5 Å². The topological polar surface area (TPSA) is 63.5 Å². The van der Waals surface area contributed by atoms with E-state index < -0.39 is 11.7 Å². The first kappa shape index (κ1) is 20.8. The molecule has 0 bridgehead atoms. The highest BCUT2D eigenvalue weighted by molar-refractivity contribution is 5.92. The lowest BCUT2D eigenvalue weighted by atomic mass is 10.0. The van der Waals surface area contributed by atoms with Crippen LogP contribution >= 0.6 is 0 Å². The smallest absolute Gasteiger partial charge is 0.378 e. The van der Waals surface area contributed by atoms with Crippen LogP contribution in [0.4, 0.5) is 13.2 Å². The summed E-state index contributed by atoms with van der Waals surface area (Å²) in [5, 5.41) is 8.17. The second kappa shape index (κ2) is 8.73. The van der Waals surface area contributed by atoms with Crippen molar-refractivity contribution in [3.05, 3.63) is 47.3 Å². The van der Waals surface area contributed by atoms with Gasteiger partial charge in [-0.1, -0.05) is 23.4 Å². The molecular weight excluding hydrogens is 399 g/mol. The monoisotopic (exact) mass is 423 g/mol. The van der Waals surface area contributed by atoms with Crippen molar-refractivity contribution in [1.82, 2.24) is 24.8 Å². The maximum atomic E-state index is 13.2. The van der Waals surface area contributed by atoms with Gasteiger partial charge in [0, 0.05) is 32.7 Å². The lowest BCUT2D eigenvalue weighted by molar-refractivity contribution is -0.138. The van der Waals surface area contributed by atoms with Crippen molar-refractivity contribution in [1.29, 1.82) is 0 Å². The Morgan fingerprint density at radius 2 is 1.80 bits per heavy atom. The van der Waals surface area contributed by atoms with Gasteiger partial charge in [-0.15, -0.1) is 5.10 Å². The Balaban J connectivity index is 1.34. The standard InChI is InChI=1S/C20H24F3N5O2/c21-20(22,23)17-4-2-1-3-15(17)13-26-7-5-16(6-8-26)28-14-18(24-25-28)19(29)27-9-11-30-12-10-27/h1-4,14,16H,5-13H2. The van der Waals surface area contributed by atoms with E-state index in [1.54, 1.807) is 21.8 Å². The van der Waals surface area contributed by atoms with Gasteiger partial charge >= 0.3 is 6.18 Å². The van der Waals surface area contributed by atoms with E-state index in [-0.39, 0.29) is 18.5 Å². The summed E-state index contributed by atoms with van der Waals surface area (Å²) >= 11 is 0. The molecular formula is C20H24F3N5O2. The summed E-state index contributed by atoms with van der Waals surface area (Å²) in [6, 6.07) is 5.80. The number of rotatable bonds is 4. The number of morpholine rings is 1. The maximum Gasteiger partial charge on any atom is 0.416 e. The first-order valence-electron chi connectivity index (χ1n) is 10.1. The van der Waals surface area contributed by atoms with Crippen LogP contribution in [0.3, 0.4) is 0 Å². The van der Waals surface area contributed by atoms with Gasteiger partial charge in [-0.2, -0.15) is 13.2 Å². The number of alkyl halides is 3. The van der Waals surface area contributed by atoms with Gasteiger partial charge in [-0.3, -0.25) is 9.69 Å². The Labute approximate surface area is 172 Å². The van der Waals surface area contributed by atoms with Gasteiger partial charge in [0.1, 0.15) is 0 Å². The minimum atomic E-state index is -4.35. The van der Waals surface area contributed by atoms with E-state index in [2.05, 4.69) is 10.3 Å². The summed E-state index contributed by atoms with van der Waals surface area (Å²) in [6.07, 6.45) is -1.19. The molecule has 0 unspecified atom stereocenters. The molecule has 2 fully saturated rings. The molecule has 0 saturated carbocycles. The first-order valence-corrected chi connectivity index (χ1v) is 10.1. The Bertz CT molecular complexity index is 871. The van der Waals surface area contributed by atoms with E-state index in [4.69, 9.17) is 4.74 Å². The fourth-order valence-corrected chi connectivity index (χ4v) is 4.00. The number of halogens is 3. The normalized spacial score (nSPS) is 19.2. The van der Waals surface area contributed by atoms with E-state index in [0.717, 1.165) is 18.9 Å². The molecule has 10 heteroatoms. The Kier molecular flexibility index (Phi) is 6.05. The molecule has 2 aromatic rings. The van der Waals surface area contributed by atoms with Crippen molar-refractivity contribution in [2.75, 3.05) is 39.4 Å². The van der Waals surface area contributed by atoms with E-state index in [1.807, 2.05) is 4.90 Å². The molecule has 0 atom stereocenters. The van der Waals surface area contributed by atoms with Crippen LogP contribution in [0.1, 0.15) is 40.5 Å². The van der Waals surface area contributed by atoms with E-state index >= 15 is 0 Å². The lowest BCUT2D eigenvalue weighted by Gasteiger charge is -2.32. The highest BCUT2D eigenvalue weighted by Gasteiger charge is 2.33. The molecule has 1 amide bonds. The summed E-state index contributed by atoms with van der Waals surface area (Å²) in [7, 11) is 0. The molecule has 3 heterocycles. The van der Waals surface area contributed by atoms with Gasteiger partial charge in [0.05, 0.1) is 31.0 Å². The number of amides is 1. The SMILES string of the molecule is O=C(c1cn(C2CCN(Cc3ccccc3C(F)(F)F)CC2)nn1)N1CCOCC1. The molecule has 2 aliphatic heterocycles. The number of benzene rings is 1. The molecule has 30 heavy (non-hydrogen) atoms. The average molecular weight is 423 g/mol. The van der Waals surface area contributed by atoms with Crippen molar-refractivity contribution < 1.29 is 22.7 Å². The fraction of sp³-hybridized carbons (Fsp3) is 0.550. The minimum Gasteiger partial charge on any atom is -0.378 e. The Morgan fingerprint density at radius 3 is 2.50 bits per heavy atom. The van der Waals surface area contributed by atoms with Crippen LogP contribution in [0.2, 0.25) is 0 Å². The molecule has 7 nitrogen and oxygen atoms in total. The second-order valence-corrected chi connectivity index (χ2v) is 7.65. The summed E-state index contributed by atoms with van der Waals surface area (Å²) in [6.45, 7) is 3.71. The van der Waals surface area contributed by atoms with Crippen molar-refractivity contribution in [2.45, 2.75) is 31.6 Å². The summed E-state index contributed by atoms with van der Waals surface area (Å²) < 4.78 is 46.6. The van der Waals surface area contributed by atoms with Crippen molar-refractivity contribution in [3.63, 3.8) is 0 Å². The second-order valence-electron chi connectivity index (χ2n) is 7.65. The van der Waals surface area contributed by atoms with Crippen LogP contribution in [-0.2, 0) is 17.5 Å². The number of hydrogen-bond donors (Lipinski definition) is 0. The zero-order chi connectivity index (χ0) is 21.1. The number of nitrogens with zero attached hydrogens (tertiary/aromatic N) is 5. The number of carbonyl (C=O) groups is 1. The van der Waals surface area contributed by atoms with Crippen LogP contribution < -0.4 is 0 Å². The number of ether oxygens (including phenoxy) is 1. The van der Waals surface area contributed by atoms with E-state index in [0.29, 0.717) is 50.7 Å². The van der Waals surface area contributed by atoms with Gasteiger partial charge in [-0.05, 0) is 24.5 Å². The maximum absolute atomic E-state index is 13.2. The first-order chi connectivity index (χ1) is 14.4. The molecule has 162 valence electrons. The van der Waals surface area contributed by atoms with Gasteiger partial charge in [0.2, 0.25) is 0 Å². The quantitative estimate of drug-likeness (QED) is 0.757. The molecule has 0 spiro atoms. The van der Waals surface area contributed by atoms with Crippen LogP contribution in [0.5, 0.6) is 0 Å². The van der Waals surface area contributed by atoms with Gasteiger partial charge < -0.3 is 9.64 Å². The molecule has 0 radical (unpaired) electrons. The summed E-state index contributed by atoms with van der Waals surface area (Å²) in [5.74, 6) is -0.147. The molecule has 2 aliphatic rings. The van der Waals surface area contributed by atoms with E-state index in [9.17, 15) is 18.0 Å². The number of carbonyl (C=O) groups excluding carboxylic acids is 1. The van der Waals surface area contributed by atoms with Crippen molar-refractivity contribution in [3.8, 4) is 0 Å². The van der Waals surface area contributed by atoms with Gasteiger partial charge in [0.25, 0.3) is 5.91 Å². The van der Waals surface area contributed by atoms with E-state index in [1.165, 1.54) is 12.1 Å². The third kappa shape index (κ3) is 4.65. The summed E-state index contributed by atoms with van der Waals surface area (Å²) in [4.78, 5) is 16.3. The third-order valence-electron chi connectivity index (χ3n) is 5.68. The molecule has 1 aromatic carbocycles. The number of aromatic nitrogens is 3. The highest BCUT2D eigenvalue weighted by atomic mass is 19.4. The van der Waals surface area contributed by atoms with Gasteiger partial charge in [0.15, 0.2) is 5.69 Å². The lowest BCUT2D eigenvalue weighted by Crippen LogP contribution is -2.40. The molecule has 4 rings (SSSR count). The fourth-order valence-electron chi connectivity index (χ4n) is 4.00. The number of likely N-dealkylation sites (tertiary alicyclic amines) is 1. The molecule has 2 saturated heterocycles. The summed E-state index contributed by atoms with van der Waals surface area (Å²) in [5.41, 5.74) is 0.0377. The minimum absolute atomic E-state index is 0.0813. The molecule has 1 aromatic heterocycles. The van der Waals surface area contributed by atoms with Crippen LogP contribution in [-0.4, -0.2) is 70.1 Å². The predicted octanol–water partition coefficient (Wildman–Crippen LogP) is 2.61. The largest absolute Gasteiger partial charge is 0.416 e. The predicted molar refractivity (Wildman–Crippen MR) is 102 cm³/mol. The van der Waals surface area contributed by atoms with Crippen LogP contribution in [0, 0.1) is 0 Å². The zero-order valence-electron chi connectivity index (χ0n) is 16.5. The van der Waals surface area contributed by atoms with Gasteiger partial charge in [-0.25, -0.2) is 4.68 Å². The molecule has 0 N–H and O–H groups in total. The van der Waals surface area contributed by atoms with Crippen molar-refractivity contribution in [2.24, 2.45) is 0 Å². The third-order valence-corrected chi connectivity index (χ3v) is 5.68. The molecule has 0 aliphatic carbocycles. The number of piperidine rings is 1. The zero-order valence-corrected chi connectivity index (χ0v) is 16.5. The van der Waals surface area contributed by atoms with Crippen molar-refractivity contribution >= 4 is 5.91 Å². The van der Waals surface area contributed by atoms with Crippen LogP contribution in [0.25, 0.3) is 0 Å². The average Bonchev–Trinajstić information content (AvgIpc) is 3.24. The highest BCUT2D eigenvalue weighted by Crippen LogP contribution is 2.33.